The predicted molar refractivity (Wildman–Crippen MR) is 68.7 cm³/mol. The summed E-state index contributed by atoms with van der Waals surface area (Å²) in [6, 6.07) is 1.55. The molecule has 2 N–H and O–H groups in total. The maximum atomic E-state index is 11.8. The van der Waals surface area contributed by atoms with Crippen LogP contribution >= 0.6 is 0 Å². The highest BCUT2D eigenvalue weighted by molar-refractivity contribution is 5.25. The summed E-state index contributed by atoms with van der Waals surface area (Å²) in [7, 11) is 0. The Bertz CT molecular complexity index is 620. The molecule has 0 bridgehead atoms. The van der Waals surface area contributed by atoms with Crippen molar-refractivity contribution >= 4 is 5.78 Å². The van der Waals surface area contributed by atoms with Crippen LogP contribution in [0.4, 0.5) is 0 Å². The number of hydrogen-bond acceptors (Lipinski definition) is 5. The molecular weight excluding hydrogens is 246 g/mol. The molecule has 0 saturated carbocycles. The summed E-state index contributed by atoms with van der Waals surface area (Å²) in [4.78, 5) is 22.4. The highest BCUT2D eigenvalue weighted by Gasteiger charge is 2.22. The van der Waals surface area contributed by atoms with Gasteiger partial charge in [-0.2, -0.15) is 4.52 Å². The van der Waals surface area contributed by atoms with Crippen molar-refractivity contribution in [1.82, 2.24) is 24.5 Å². The number of nitrogens with one attached hydrogen (secondary N) is 1. The van der Waals surface area contributed by atoms with Crippen LogP contribution in [0.25, 0.3) is 5.78 Å². The van der Waals surface area contributed by atoms with Crippen LogP contribution in [-0.2, 0) is 6.54 Å². The van der Waals surface area contributed by atoms with Gasteiger partial charge in [0.25, 0.3) is 11.3 Å². The lowest BCUT2D eigenvalue weighted by molar-refractivity contribution is 0.249. The van der Waals surface area contributed by atoms with Gasteiger partial charge < -0.3 is 5.11 Å². The van der Waals surface area contributed by atoms with E-state index in [0.29, 0.717) is 18.2 Å². The Balaban J connectivity index is 1.73. The standard InChI is InChI=1S/C12H17N5O2/c18-4-2-9-1-3-16(6-9)7-10-5-11(19)17-12(15-10)13-8-14-17/h5,8-9,18H,1-4,6-7H2,(H,13,14,15). The lowest BCUT2D eigenvalue weighted by Crippen LogP contribution is -2.23. The Hall–Kier alpha value is -1.73. The van der Waals surface area contributed by atoms with E-state index >= 15 is 0 Å². The van der Waals surface area contributed by atoms with Gasteiger partial charge in [0, 0.05) is 25.8 Å². The van der Waals surface area contributed by atoms with Crippen molar-refractivity contribution in [2.45, 2.75) is 19.4 Å². The van der Waals surface area contributed by atoms with Gasteiger partial charge in [-0.3, -0.25) is 14.8 Å². The van der Waals surface area contributed by atoms with Crippen LogP contribution in [-0.4, -0.2) is 49.3 Å². The Morgan fingerprint density at radius 1 is 1.53 bits per heavy atom. The van der Waals surface area contributed by atoms with Crippen molar-refractivity contribution in [3.63, 3.8) is 0 Å². The molecule has 1 aliphatic rings. The molecule has 2 aromatic heterocycles. The summed E-state index contributed by atoms with van der Waals surface area (Å²) in [5, 5.41) is 11.7. The number of nitrogens with zero attached hydrogens (tertiary/aromatic N) is 4. The fraction of sp³-hybridized carbons (Fsp3) is 0.583. The summed E-state index contributed by atoms with van der Waals surface area (Å²) in [6.07, 6.45) is 3.41. The van der Waals surface area contributed by atoms with Gasteiger partial charge >= 0.3 is 0 Å². The summed E-state index contributed by atoms with van der Waals surface area (Å²) in [5.74, 6) is 0.966. The van der Waals surface area contributed by atoms with E-state index in [9.17, 15) is 4.79 Å². The van der Waals surface area contributed by atoms with Gasteiger partial charge in [-0.15, -0.1) is 0 Å². The molecule has 0 spiro atoms. The molecule has 2 aromatic rings. The lowest BCUT2D eigenvalue weighted by Gasteiger charge is -2.14. The molecular formula is C12H17N5O2. The molecule has 0 aromatic carbocycles. The number of H-pyrrole nitrogens is 1. The number of aliphatic hydroxyl groups excluding tert-OH is 1. The third-order valence-corrected chi connectivity index (χ3v) is 3.61. The molecule has 1 fully saturated rings. The van der Waals surface area contributed by atoms with Crippen LogP contribution in [0, 0.1) is 5.92 Å². The normalized spacial score (nSPS) is 20.4. The molecule has 1 atom stereocenters. The average molecular weight is 263 g/mol. The molecule has 7 heteroatoms. The van der Waals surface area contributed by atoms with Crippen molar-refractivity contribution in [3.05, 3.63) is 28.4 Å². The number of aromatic nitrogens is 4. The molecule has 3 heterocycles. The minimum atomic E-state index is -0.136. The van der Waals surface area contributed by atoms with Crippen LogP contribution in [0.2, 0.25) is 0 Å². The molecule has 0 amide bonds. The molecule has 3 rings (SSSR count). The molecule has 1 aliphatic heterocycles. The number of aromatic amines is 1. The van der Waals surface area contributed by atoms with E-state index in [1.807, 2.05) is 0 Å². The first-order chi connectivity index (χ1) is 9.26. The van der Waals surface area contributed by atoms with E-state index in [1.165, 1.54) is 10.8 Å². The first kappa shape index (κ1) is 12.3. The minimum absolute atomic E-state index is 0.136. The predicted octanol–water partition coefficient (Wildman–Crippen LogP) is -0.378. The highest BCUT2D eigenvalue weighted by atomic mass is 16.3. The summed E-state index contributed by atoms with van der Waals surface area (Å²) >= 11 is 0. The molecule has 19 heavy (non-hydrogen) atoms. The quantitative estimate of drug-likeness (QED) is 0.785. The van der Waals surface area contributed by atoms with Crippen molar-refractivity contribution in [1.29, 1.82) is 0 Å². The van der Waals surface area contributed by atoms with Crippen LogP contribution in [0.1, 0.15) is 18.5 Å². The minimum Gasteiger partial charge on any atom is -0.396 e. The number of hydrogen-bond donors (Lipinski definition) is 2. The van der Waals surface area contributed by atoms with E-state index in [0.717, 1.165) is 31.6 Å². The van der Waals surface area contributed by atoms with Crippen molar-refractivity contribution < 1.29 is 5.11 Å². The average Bonchev–Trinajstić information content (AvgIpc) is 2.99. The van der Waals surface area contributed by atoms with Crippen LogP contribution in [0.5, 0.6) is 0 Å². The Morgan fingerprint density at radius 2 is 2.42 bits per heavy atom. The second kappa shape index (κ2) is 5.10. The maximum absolute atomic E-state index is 11.8. The van der Waals surface area contributed by atoms with Gasteiger partial charge in [0.05, 0.1) is 5.69 Å². The van der Waals surface area contributed by atoms with Crippen LogP contribution in [0.15, 0.2) is 17.2 Å². The zero-order valence-corrected chi connectivity index (χ0v) is 10.6. The van der Waals surface area contributed by atoms with Gasteiger partial charge in [0.1, 0.15) is 6.33 Å². The second-order valence-electron chi connectivity index (χ2n) is 5.01. The number of fused-ring (bicyclic) bond motifs is 1. The molecule has 0 aliphatic carbocycles. The second-order valence-corrected chi connectivity index (χ2v) is 5.01. The third kappa shape index (κ3) is 2.52. The number of rotatable bonds is 4. The monoisotopic (exact) mass is 263 g/mol. The molecule has 1 unspecified atom stereocenters. The summed E-state index contributed by atoms with van der Waals surface area (Å²) in [5.41, 5.74) is 0.616. The maximum Gasteiger partial charge on any atom is 0.274 e. The third-order valence-electron chi connectivity index (χ3n) is 3.61. The number of likely N-dealkylation sites (tertiary alicyclic amines) is 1. The first-order valence-corrected chi connectivity index (χ1v) is 6.51. The van der Waals surface area contributed by atoms with E-state index in [4.69, 9.17) is 5.11 Å². The topological polar surface area (TPSA) is 86.5 Å². The fourth-order valence-corrected chi connectivity index (χ4v) is 2.65. The molecule has 7 nitrogen and oxygen atoms in total. The molecule has 0 radical (unpaired) electrons. The molecule has 1 saturated heterocycles. The molecule has 102 valence electrons. The van der Waals surface area contributed by atoms with Gasteiger partial charge in [0.2, 0.25) is 0 Å². The van der Waals surface area contributed by atoms with Gasteiger partial charge in [0.15, 0.2) is 0 Å². The highest BCUT2D eigenvalue weighted by Crippen LogP contribution is 2.20. The SMILES string of the molecule is O=c1cc(CN2CCC(CCO)C2)nc2nc[nH]n12. The summed E-state index contributed by atoms with van der Waals surface area (Å²) < 4.78 is 1.32. The Morgan fingerprint density at radius 3 is 3.26 bits per heavy atom. The summed E-state index contributed by atoms with van der Waals surface area (Å²) in [6.45, 7) is 2.87. The fourth-order valence-electron chi connectivity index (χ4n) is 2.65. The van der Waals surface area contributed by atoms with E-state index < -0.39 is 0 Å². The van der Waals surface area contributed by atoms with Gasteiger partial charge in [-0.1, -0.05) is 0 Å². The van der Waals surface area contributed by atoms with Crippen molar-refractivity contribution in [2.75, 3.05) is 19.7 Å². The van der Waals surface area contributed by atoms with Gasteiger partial charge in [-0.25, -0.2) is 9.97 Å². The zero-order chi connectivity index (χ0) is 13.2. The zero-order valence-electron chi connectivity index (χ0n) is 10.6. The smallest absolute Gasteiger partial charge is 0.274 e. The lowest BCUT2D eigenvalue weighted by atomic mass is 10.1. The van der Waals surface area contributed by atoms with E-state index in [1.54, 1.807) is 6.07 Å². The van der Waals surface area contributed by atoms with E-state index in [2.05, 4.69) is 20.0 Å². The van der Waals surface area contributed by atoms with Crippen molar-refractivity contribution in [3.8, 4) is 0 Å². The number of aliphatic hydroxyl groups is 1. The van der Waals surface area contributed by atoms with Crippen molar-refractivity contribution in [2.24, 2.45) is 5.92 Å². The van der Waals surface area contributed by atoms with Crippen LogP contribution in [0.3, 0.4) is 0 Å². The first-order valence-electron chi connectivity index (χ1n) is 6.51. The van der Waals surface area contributed by atoms with Crippen LogP contribution < -0.4 is 5.56 Å². The van der Waals surface area contributed by atoms with Gasteiger partial charge in [-0.05, 0) is 25.3 Å². The largest absolute Gasteiger partial charge is 0.396 e. The Kier molecular flexibility index (Phi) is 3.31. The van der Waals surface area contributed by atoms with E-state index in [-0.39, 0.29) is 12.2 Å². The Labute approximate surface area is 109 Å².